The maximum absolute atomic E-state index is 11.8. The topological polar surface area (TPSA) is 55.6 Å². The fourth-order valence-electron chi connectivity index (χ4n) is 1.67. The average molecular weight is 301 g/mol. The van der Waals surface area contributed by atoms with Crippen LogP contribution in [0.3, 0.4) is 0 Å². The molecule has 0 bridgehead atoms. The molecule has 1 amide bonds. The average Bonchev–Trinajstić information content (AvgIpc) is 2.37. The van der Waals surface area contributed by atoms with Gasteiger partial charge < -0.3 is 15.4 Å². The number of thiocarbonyl (C=S) groups is 1. The zero-order chi connectivity index (χ0) is 14.4. The summed E-state index contributed by atoms with van der Waals surface area (Å²) in [6.45, 7) is 5.08. The zero-order valence-electron chi connectivity index (χ0n) is 11.0. The van der Waals surface area contributed by atoms with Crippen molar-refractivity contribution in [2.24, 2.45) is 5.73 Å². The molecule has 0 heterocycles. The lowest BCUT2D eigenvalue weighted by Crippen LogP contribution is -2.34. The molecule has 104 valence electrons. The first-order valence-electron chi connectivity index (χ1n) is 6.00. The molecule has 6 heteroatoms. The van der Waals surface area contributed by atoms with E-state index in [1.165, 1.54) is 0 Å². The van der Waals surface area contributed by atoms with Gasteiger partial charge in [-0.15, -0.1) is 0 Å². The summed E-state index contributed by atoms with van der Waals surface area (Å²) >= 11 is 10.9. The van der Waals surface area contributed by atoms with Gasteiger partial charge in [0.15, 0.2) is 6.61 Å². The summed E-state index contributed by atoms with van der Waals surface area (Å²) in [5.41, 5.74) is 6.07. The predicted molar refractivity (Wildman–Crippen MR) is 80.8 cm³/mol. The summed E-state index contributed by atoms with van der Waals surface area (Å²) < 4.78 is 5.48. The van der Waals surface area contributed by atoms with Crippen molar-refractivity contribution < 1.29 is 9.53 Å². The molecule has 0 aliphatic carbocycles. The Kier molecular flexibility index (Phi) is 6.05. The third-order valence-electron chi connectivity index (χ3n) is 2.69. The Balaban J connectivity index is 2.81. The Morgan fingerprint density at radius 3 is 2.58 bits per heavy atom. The second-order valence-electron chi connectivity index (χ2n) is 3.83. The number of rotatable bonds is 6. The van der Waals surface area contributed by atoms with Crippen LogP contribution >= 0.6 is 23.8 Å². The molecule has 0 fully saturated rings. The van der Waals surface area contributed by atoms with Crippen molar-refractivity contribution in [3.05, 3.63) is 28.8 Å². The molecule has 0 aliphatic heterocycles. The number of carbonyl (C=O) groups excluding carboxylic acids is 1. The Labute approximate surface area is 123 Å². The first-order valence-corrected chi connectivity index (χ1v) is 6.78. The number of ether oxygens (including phenoxy) is 1. The minimum absolute atomic E-state index is 0.0579. The lowest BCUT2D eigenvalue weighted by atomic mass is 10.2. The maximum atomic E-state index is 11.8. The van der Waals surface area contributed by atoms with Crippen molar-refractivity contribution >= 4 is 34.7 Å². The van der Waals surface area contributed by atoms with E-state index < -0.39 is 0 Å². The minimum atomic E-state index is -0.0844. The van der Waals surface area contributed by atoms with Gasteiger partial charge in [0.2, 0.25) is 0 Å². The van der Waals surface area contributed by atoms with Gasteiger partial charge in [0.1, 0.15) is 10.7 Å². The van der Waals surface area contributed by atoms with Crippen molar-refractivity contribution in [2.75, 3.05) is 19.7 Å². The van der Waals surface area contributed by atoms with E-state index in [-0.39, 0.29) is 17.5 Å². The second-order valence-corrected chi connectivity index (χ2v) is 4.68. The van der Waals surface area contributed by atoms with Gasteiger partial charge in [-0.3, -0.25) is 4.79 Å². The van der Waals surface area contributed by atoms with Crippen LogP contribution in [0.5, 0.6) is 5.75 Å². The number of nitrogens with zero attached hydrogens (tertiary/aromatic N) is 1. The maximum Gasteiger partial charge on any atom is 0.260 e. The summed E-state index contributed by atoms with van der Waals surface area (Å²) in [6, 6.07) is 5.09. The number of hydrogen-bond donors (Lipinski definition) is 1. The van der Waals surface area contributed by atoms with Crippen LogP contribution in [0.1, 0.15) is 19.4 Å². The number of hydrogen-bond acceptors (Lipinski definition) is 3. The monoisotopic (exact) mass is 300 g/mol. The first-order chi connectivity index (χ1) is 9.01. The molecule has 0 atom stereocenters. The van der Waals surface area contributed by atoms with Gasteiger partial charge in [0.25, 0.3) is 5.91 Å². The van der Waals surface area contributed by atoms with Crippen molar-refractivity contribution in [1.29, 1.82) is 0 Å². The summed E-state index contributed by atoms with van der Waals surface area (Å²) in [5.74, 6) is 0.347. The van der Waals surface area contributed by atoms with Crippen LogP contribution in [-0.2, 0) is 4.79 Å². The molecule has 1 aromatic carbocycles. The van der Waals surface area contributed by atoms with Gasteiger partial charge in [0, 0.05) is 13.1 Å². The fraction of sp³-hybridized carbons (Fsp3) is 0.385. The highest BCUT2D eigenvalue weighted by Crippen LogP contribution is 2.26. The molecule has 1 rings (SSSR count). The van der Waals surface area contributed by atoms with Crippen LogP contribution < -0.4 is 10.5 Å². The molecule has 0 saturated carbocycles. The van der Waals surface area contributed by atoms with Crippen LogP contribution in [0, 0.1) is 0 Å². The van der Waals surface area contributed by atoms with Gasteiger partial charge in [0.05, 0.1) is 10.6 Å². The van der Waals surface area contributed by atoms with E-state index in [0.717, 1.165) is 0 Å². The zero-order valence-corrected chi connectivity index (χ0v) is 12.6. The van der Waals surface area contributed by atoms with E-state index in [1.807, 2.05) is 13.8 Å². The van der Waals surface area contributed by atoms with Crippen molar-refractivity contribution in [3.63, 3.8) is 0 Å². The summed E-state index contributed by atoms with van der Waals surface area (Å²) in [7, 11) is 0. The van der Waals surface area contributed by atoms with Gasteiger partial charge >= 0.3 is 0 Å². The van der Waals surface area contributed by atoms with Crippen LogP contribution in [-0.4, -0.2) is 35.5 Å². The van der Waals surface area contributed by atoms with Crippen molar-refractivity contribution in [1.82, 2.24) is 4.90 Å². The minimum Gasteiger partial charge on any atom is -0.483 e. The summed E-state index contributed by atoms with van der Waals surface area (Å²) in [4.78, 5) is 13.7. The first kappa shape index (κ1) is 15.7. The van der Waals surface area contributed by atoms with E-state index in [0.29, 0.717) is 29.4 Å². The summed E-state index contributed by atoms with van der Waals surface area (Å²) in [6.07, 6.45) is 0. The molecule has 1 aromatic rings. The van der Waals surface area contributed by atoms with Gasteiger partial charge in [-0.25, -0.2) is 0 Å². The SMILES string of the molecule is CCN(CC)C(=O)COc1cccc(Cl)c1C(N)=S. The third-order valence-corrected chi connectivity index (χ3v) is 3.21. The molecule has 0 unspecified atom stereocenters. The Morgan fingerprint density at radius 1 is 1.42 bits per heavy atom. The number of carbonyl (C=O) groups is 1. The van der Waals surface area contributed by atoms with E-state index >= 15 is 0 Å². The molecule has 0 aliphatic rings. The van der Waals surface area contributed by atoms with Crippen LogP contribution in [0.2, 0.25) is 5.02 Å². The predicted octanol–water partition coefficient (Wildman–Crippen LogP) is 2.22. The Morgan fingerprint density at radius 2 is 2.05 bits per heavy atom. The van der Waals surface area contributed by atoms with Crippen LogP contribution in [0.25, 0.3) is 0 Å². The quantitative estimate of drug-likeness (QED) is 0.819. The number of benzene rings is 1. The standard InChI is InChI=1S/C13H17ClN2O2S/c1-3-16(4-2)11(17)8-18-10-7-5-6-9(14)12(10)13(15)19/h5-7H,3-4,8H2,1-2H3,(H2,15,19). The largest absolute Gasteiger partial charge is 0.483 e. The van der Waals surface area contributed by atoms with Crippen molar-refractivity contribution in [2.45, 2.75) is 13.8 Å². The molecular formula is C13H17ClN2O2S. The fourth-order valence-corrected chi connectivity index (χ4v) is 2.21. The lowest BCUT2D eigenvalue weighted by molar-refractivity contribution is -0.132. The Bertz CT molecular complexity index is 476. The van der Waals surface area contributed by atoms with Gasteiger partial charge in [-0.1, -0.05) is 29.9 Å². The lowest BCUT2D eigenvalue weighted by Gasteiger charge is -2.19. The Hall–Kier alpha value is -1.33. The second kappa shape index (κ2) is 7.31. The highest BCUT2D eigenvalue weighted by molar-refractivity contribution is 7.80. The molecule has 0 radical (unpaired) electrons. The number of nitrogens with two attached hydrogens (primary N) is 1. The van der Waals surface area contributed by atoms with Gasteiger partial charge in [-0.2, -0.15) is 0 Å². The molecule has 2 N–H and O–H groups in total. The van der Waals surface area contributed by atoms with Crippen molar-refractivity contribution in [3.8, 4) is 5.75 Å². The molecular weight excluding hydrogens is 284 g/mol. The van der Waals surface area contributed by atoms with E-state index in [2.05, 4.69) is 0 Å². The molecule has 4 nitrogen and oxygen atoms in total. The molecule has 0 spiro atoms. The normalized spacial score (nSPS) is 10.1. The highest BCUT2D eigenvalue weighted by Gasteiger charge is 2.14. The van der Waals surface area contributed by atoms with E-state index in [1.54, 1.807) is 23.1 Å². The number of halogens is 1. The number of amides is 1. The highest BCUT2D eigenvalue weighted by atomic mass is 35.5. The van der Waals surface area contributed by atoms with Gasteiger partial charge in [-0.05, 0) is 26.0 Å². The van der Waals surface area contributed by atoms with Crippen LogP contribution in [0.4, 0.5) is 0 Å². The molecule has 19 heavy (non-hydrogen) atoms. The third kappa shape index (κ3) is 4.08. The van der Waals surface area contributed by atoms with E-state index in [4.69, 9.17) is 34.3 Å². The van der Waals surface area contributed by atoms with Crippen LogP contribution in [0.15, 0.2) is 18.2 Å². The summed E-state index contributed by atoms with van der Waals surface area (Å²) in [5, 5.41) is 0.417. The molecule has 0 saturated heterocycles. The van der Waals surface area contributed by atoms with E-state index in [9.17, 15) is 4.79 Å². The molecule has 0 aromatic heterocycles. The smallest absolute Gasteiger partial charge is 0.260 e. The number of likely N-dealkylation sites (N-methyl/N-ethyl adjacent to an activating group) is 1.